The van der Waals surface area contributed by atoms with Crippen molar-refractivity contribution in [2.45, 2.75) is 45.7 Å². The van der Waals surface area contributed by atoms with Crippen LogP contribution >= 0.6 is 0 Å². The standard InChI is InChI=1S/C11H23N3/c1-8(2)11(12)13-10-5-6-14(4)9(3)7-10/h8-10H,5-7H2,1-4H3,(H2,12,13). The Morgan fingerprint density at radius 2 is 2.14 bits per heavy atom. The third kappa shape index (κ3) is 2.98. The SMILES string of the molecule is CC(C)C(N)=NC1CCN(C)C(C)C1. The van der Waals surface area contributed by atoms with E-state index in [1.54, 1.807) is 0 Å². The average Bonchev–Trinajstić information content (AvgIpc) is 2.11. The minimum absolute atomic E-state index is 0.380. The van der Waals surface area contributed by atoms with Gasteiger partial charge in [-0.2, -0.15) is 0 Å². The molecule has 0 radical (unpaired) electrons. The van der Waals surface area contributed by atoms with Gasteiger partial charge in [0.25, 0.3) is 0 Å². The molecule has 0 bridgehead atoms. The maximum absolute atomic E-state index is 5.86. The maximum Gasteiger partial charge on any atom is 0.0966 e. The van der Waals surface area contributed by atoms with Crippen LogP contribution in [0.2, 0.25) is 0 Å². The first-order chi connectivity index (χ1) is 6.50. The first kappa shape index (κ1) is 11.5. The van der Waals surface area contributed by atoms with Crippen LogP contribution in [0, 0.1) is 5.92 Å². The lowest BCUT2D eigenvalue weighted by Crippen LogP contribution is -2.40. The fourth-order valence-corrected chi connectivity index (χ4v) is 1.74. The summed E-state index contributed by atoms with van der Waals surface area (Å²) in [4.78, 5) is 6.97. The molecule has 0 aromatic rings. The average molecular weight is 197 g/mol. The Kier molecular flexibility index (Phi) is 3.93. The second-order valence-corrected chi connectivity index (χ2v) is 4.72. The van der Waals surface area contributed by atoms with Crippen molar-refractivity contribution in [1.82, 2.24) is 4.90 Å². The number of piperidine rings is 1. The Labute approximate surface area is 87.4 Å². The highest BCUT2D eigenvalue weighted by Crippen LogP contribution is 2.18. The van der Waals surface area contributed by atoms with E-state index in [-0.39, 0.29) is 0 Å². The minimum Gasteiger partial charge on any atom is -0.387 e. The lowest BCUT2D eigenvalue weighted by molar-refractivity contribution is 0.184. The van der Waals surface area contributed by atoms with Gasteiger partial charge in [0.2, 0.25) is 0 Å². The Morgan fingerprint density at radius 1 is 1.50 bits per heavy atom. The van der Waals surface area contributed by atoms with E-state index in [4.69, 9.17) is 5.73 Å². The van der Waals surface area contributed by atoms with E-state index in [2.05, 4.69) is 37.7 Å². The van der Waals surface area contributed by atoms with Crippen molar-refractivity contribution in [3.05, 3.63) is 0 Å². The molecule has 2 N–H and O–H groups in total. The monoisotopic (exact) mass is 197 g/mol. The van der Waals surface area contributed by atoms with Crippen molar-refractivity contribution in [2.75, 3.05) is 13.6 Å². The van der Waals surface area contributed by atoms with Crippen LogP contribution in [0.5, 0.6) is 0 Å². The molecule has 0 aliphatic carbocycles. The third-order valence-electron chi connectivity index (χ3n) is 3.10. The summed E-state index contributed by atoms with van der Waals surface area (Å²) < 4.78 is 0. The van der Waals surface area contributed by atoms with E-state index in [1.165, 1.54) is 0 Å². The summed E-state index contributed by atoms with van der Waals surface area (Å²) in [6.45, 7) is 7.59. The van der Waals surface area contributed by atoms with Crippen LogP contribution in [0.4, 0.5) is 0 Å². The summed E-state index contributed by atoms with van der Waals surface area (Å²) in [6, 6.07) is 1.08. The zero-order valence-corrected chi connectivity index (χ0v) is 9.83. The molecular formula is C11H23N3. The minimum atomic E-state index is 0.380. The molecule has 0 amide bonds. The predicted octanol–water partition coefficient (Wildman–Crippen LogP) is 1.48. The summed E-state index contributed by atoms with van der Waals surface area (Å²) in [5.74, 6) is 1.19. The molecule has 2 unspecified atom stereocenters. The molecule has 0 spiro atoms. The predicted molar refractivity (Wildman–Crippen MR) is 61.6 cm³/mol. The van der Waals surface area contributed by atoms with Gasteiger partial charge in [0, 0.05) is 18.5 Å². The van der Waals surface area contributed by atoms with Crippen molar-refractivity contribution in [3.63, 3.8) is 0 Å². The van der Waals surface area contributed by atoms with E-state index >= 15 is 0 Å². The van der Waals surface area contributed by atoms with Gasteiger partial charge >= 0.3 is 0 Å². The molecule has 1 heterocycles. The fourth-order valence-electron chi connectivity index (χ4n) is 1.74. The van der Waals surface area contributed by atoms with Crippen LogP contribution in [-0.2, 0) is 0 Å². The number of amidine groups is 1. The molecule has 3 heteroatoms. The Bertz CT molecular complexity index is 211. The zero-order chi connectivity index (χ0) is 10.7. The summed E-state index contributed by atoms with van der Waals surface area (Å²) in [5.41, 5.74) is 5.86. The molecule has 1 fully saturated rings. The topological polar surface area (TPSA) is 41.6 Å². The second kappa shape index (κ2) is 4.78. The Morgan fingerprint density at radius 3 is 2.64 bits per heavy atom. The van der Waals surface area contributed by atoms with Crippen LogP contribution in [-0.4, -0.2) is 36.4 Å². The van der Waals surface area contributed by atoms with Crippen LogP contribution in [0.15, 0.2) is 4.99 Å². The summed E-state index contributed by atoms with van der Waals surface area (Å²) in [7, 11) is 2.18. The molecule has 0 aromatic carbocycles. The van der Waals surface area contributed by atoms with E-state index in [0.717, 1.165) is 25.2 Å². The molecule has 3 nitrogen and oxygen atoms in total. The number of aliphatic imine (C=N–C) groups is 1. The summed E-state index contributed by atoms with van der Waals surface area (Å²) >= 11 is 0. The van der Waals surface area contributed by atoms with Crippen LogP contribution in [0.1, 0.15) is 33.6 Å². The van der Waals surface area contributed by atoms with E-state index < -0.39 is 0 Å². The van der Waals surface area contributed by atoms with Crippen molar-refractivity contribution < 1.29 is 0 Å². The van der Waals surface area contributed by atoms with Crippen LogP contribution in [0.25, 0.3) is 0 Å². The van der Waals surface area contributed by atoms with Gasteiger partial charge in [-0.3, -0.25) is 4.99 Å². The van der Waals surface area contributed by atoms with Gasteiger partial charge < -0.3 is 10.6 Å². The Hall–Kier alpha value is -0.570. The van der Waals surface area contributed by atoms with Crippen molar-refractivity contribution in [1.29, 1.82) is 0 Å². The first-order valence-electron chi connectivity index (χ1n) is 5.54. The van der Waals surface area contributed by atoms with Gasteiger partial charge in [-0.05, 0) is 26.8 Å². The molecule has 14 heavy (non-hydrogen) atoms. The van der Waals surface area contributed by atoms with Gasteiger partial charge in [0.05, 0.1) is 11.9 Å². The van der Waals surface area contributed by atoms with Crippen molar-refractivity contribution >= 4 is 5.84 Å². The zero-order valence-electron chi connectivity index (χ0n) is 9.83. The number of likely N-dealkylation sites (tertiary alicyclic amines) is 1. The lowest BCUT2D eigenvalue weighted by Gasteiger charge is -2.33. The first-order valence-corrected chi connectivity index (χ1v) is 5.54. The van der Waals surface area contributed by atoms with Crippen LogP contribution in [0.3, 0.4) is 0 Å². The number of nitrogens with zero attached hydrogens (tertiary/aromatic N) is 2. The van der Waals surface area contributed by atoms with E-state index in [0.29, 0.717) is 18.0 Å². The van der Waals surface area contributed by atoms with Gasteiger partial charge in [-0.15, -0.1) is 0 Å². The van der Waals surface area contributed by atoms with Gasteiger partial charge in [0.1, 0.15) is 0 Å². The highest BCUT2D eigenvalue weighted by Gasteiger charge is 2.22. The molecule has 1 aliphatic heterocycles. The molecule has 0 saturated carbocycles. The molecule has 82 valence electrons. The lowest BCUT2D eigenvalue weighted by atomic mass is 9.99. The van der Waals surface area contributed by atoms with Gasteiger partial charge in [-0.25, -0.2) is 0 Å². The quantitative estimate of drug-likeness (QED) is 0.538. The number of nitrogens with two attached hydrogens (primary N) is 1. The second-order valence-electron chi connectivity index (χ2n) is 4.72. The van der Waals surface area contributed by atoms with E-state index in [1.807, 2.05) is 0 Å². The van der Waals surface area contributed by atoms with Gasteiger partial charge in [-0.1, -0.05) is 13.8 Å². The summed E-state index contributed by atoms with van der Waals surface area (Å²) in [6.07, 6.45) is 2.29. The number of rotatable bonds is 2. The normalized spacial score (nSPS) is 31.1. The van der Waals surface area contributed by atoms with Crippen LogP contribution < -0.4 is 5.73 Å². The molecule has 0 aromatic heterocycles. The molecule has 2 atom stereocenters. The Balaban J connectivity index is 2.51. The van der Waals surface area contributed by atoms with E-state index in [9.17, 15) is 0 Å². The number of hydrogen-bond donors (Lipinski definition) is 1. The maximum atomic E-state index is 5.86. The molecule has 1 aliphatic rings. The largest absolute Gasteiger partial charge is 0.387 e. The number of hydrogen-bond acceptors (Lipinski definition) is 2. The van der Waals surface area contributed by atoms with Crippen molar-refractivity contribution in [2.24, 2.45) is 16.6 Å². The molecule has 1 rings (SSSR count). The highest BCUT2D eigenvalue weighted by molar-refractivity contribution is 5.82. The smallest absolute Gasteiger partial charge is 0.0966 e. The fraction of sp³-hybridized carbons (Fsp3) is 0.909. The molecule has 1 saturated heterocycles. The molecular weight excluding hydrogens is 174 g/mol. The van der Waals surface area contributed by atoms with Crippen molar-refractivity contribution in [3.8, 4) is 0 Å². The highest BCUT2D eigenvalue weighted by atomic mass is 15.1. The van der Waals surface area contributed by atoms with Gasteiger partial charge in [0.15, 0.2) is 0 Å². The third-order valence-corrected chi connectivity index (χ3v) is 3.10. The summed E-state index contributed by atoms with van der Waals surface area (Å²) in [5, 5.41) is 0.